The lowest BCUT2D eigenvalue weighted by molar-refractivity contribution is 0.189. The number of aromatic nitrogens is 3. The molecule has 0 N–H and O–H groups in total. The van der Waals surface area contributed by atoms with Crippen molar-refractivity contribution in [3.8, 4) is 10.4 Å². The van der Waals surface area contributed by atoms with Gasteiger partial charge in [-0.3, -0.25) is 4.68 Å². The molecule has 0 aliphatic carbocycles. The molecular formula is C17H20N4O3S2. The Kier molecular flexibility index (Phi) is 4.05. The van der Waals surface area contributed by atoms with Gasteiger partial charge in [-0.05, 0) is 45.9 Å². The second kappa shape index (κ2) is 6.04. The van der Waals surface area contributed by atoms with Gasteiger partial charge in [-0.15, -0.1) is 11.3 Å². The van der Waals surface area contributed by atoms with Gasteiger partial charge >= 0.3 is 0 Å². The topological polar surface area (TPSA) is 81.2 Å². The van der Waals surface area contributed by atoms with E-state index in [4.69, 9.17) is 4.52 Å². The molecule has 1 aliphatic heterocycles. The summed E-state index contributed by atoms with van der Waals surface area (Å²) in [4.78, 5) is 0.857. The van der Waals surface area contributed by atoms with Crippen LogP contribution in [0.5, 0.6) is 0 Å². The molecular weight excluding hydrogens is 372 g/mol. The standard InChI is InChI=1S/C17H20N4O3S2/c1-10-7-11(2)21(18-10)14-8-20(9-14)26(22,23)16-6-5-15(25-16)17-12(3)19-24-13(17)4/h5-7,14H,8-9H2,1-4H3. The van der Waals surface area contributed by atoms with Crippen LogP contribution in [0.1, 0.15) is 28.9 Å². The van der Waals surface area contributed by atoms with E-state index in [1.165, 1.54) is 15.6 Å². The minimum atomic E-state index is -3.49. The van der Waals surface area contributed by atoms with Crippen molar-refractivity contribution < 1.29 is 12.9 Å². The average molecular weight is 393 g/mol. The molecule has 7 nitrogen and oxygen atoms in total. The van der Waals surface area contributed by atoms with Crippen LogP contribution in [-0.4, -0.2) is 40.7 Å². The quantitative estimate of drug-likeness (QED) is 0.681. The van der Waals surface area contributed by atoms with Crippen molar-refractivity contribution in [1.82, 2.24) is 19.2 Å². The van der Waals surface area contributed by atoms with Crippen molar-refractivity contribution in [2.45, 2.75) is 37.9 Å². The van der Waals surface area contributed by atoms with Gasteiger partial charge in [0.2, 0.25) is 0 Å². The maximum Gasteiger partial charge on any atom is 0.252 e. The normalized spacial score (nSPS) is 16.2. The lowest BCUT2D eigenvalue weighted by atomic mass is 10.2. The molecule has 138 valence electrons. The molecule has 0 radical (unpaired) electrons. The van der Waals surface area contributed by atoms with E-state index in [2.05, 4.69) is 10.3 Å². The van der Waals surface area contributed by atoms with E-state index in [-0.39, 0.29) is 6.04 Å². The van der Waals surface area contributed by atoms with Gasteiger partial charge in [-0.2, -0.15) is 9.40 Å². The summed E-state index contributed by atoms with van der Waals surface area (Å²) in [6.07, 6.45) is 0. The zero-order chi connectivity index (χ0) is 18.6. The molecule has 0 bridgehead atoms. The van der Waals surface area contributed by atoms with E-state index in [1.54, 1.807) is 6.07 Å². The predicted octanol–water partition coefficient (Wildman–Crippen LogP) is 3.08. The minimum absolute atomic E-state index is 0.0977. The molecule has 9 heteroatoms. The molecule has 0 amide bonds. The van der Waals surface area contributed by atoms with Crippen LogP contribution >= 0.6 is 11.3 Å². The molecule has 0 atom stereocenters. The molecule has 1 fully saturated rings. The molecule has 0 aromatic carbocycles. The summed E-state index contributed by atoms with van der Waals surface area (Å²) in [6, 6.07) is 5.59. The maximum absolute atomic E-state index is 12.9. The Morgan fingerprint density at radius 2 is 1.92 bits per heavy atom. The number of hydrogen-bond acceptors (Lipinski definition) is 6. The van der Waals surface area contributed by atoms with E-state index < -0.39 is 10.0 Å². The Labute approximate surface area is 156 Å². The van der Waals surface area contributed by atoms with Crippen LogP contribution in [0, 0.1) is 27.7 Å². The van der Waals surface area contributed by atoms with Gasteiger partial charge in [0.05, 0.1) is 23.0 Å². The lowest BCUT2D eigenvalue weighted by Gasteiger charge is -2.38. The van der Waals surface area contributed by atoms with Crippen LogP contribution in [0.3, 0.4) is 0 Å². The molecule has 3 aromatic rings. The number of rotatable bonds is 4. The Balaban J connectivity index is 1.55. The first kappa shape index (κ1) is 17.4. The first-order valence-corrected chi connectivity index (χ1v) is 10.6. The highest BCUT2D eigenvalue weighted by atomic mass is 32.2. The van der Waals surface area contributed by atoms with Gasteiger partial charge in [-0.1, -0.05) is 5.16 Å². The molecule has 0 saturated carbocycles. The highest BCUT2D eigenvalue weighted by Crippen LogP contribution is 2.37. The van der Waals surface area contributed by atoms with Crippen LogP contribution in [0.25, 0.3) is 10.4 Å². The first-order chi connectivity index (χ1) is 12.3. The summed E-state index contributed by atoms with van der Waals surface area (Å²) < 4.78 is 34.8. The molecule has 3 aromatic heterocycles. The molecule has 4 rings (SSSR count). The van der Waals surface area contributed by atoms with E-state index >= 15 is 0 Å². The summed E-state index contributed by atoms with van der Waals surface area (Å²) in [5.74, 6) is 0.696. The third-order valence-electron chi connectivity index (χ3n) is 4.67. The van der Waals surface area contributed by atoms with Crippen molar-refractivity contribution in [2.75, 3.05) is 13.1 Å². The fourth-order valence-corrected chi connectivity index (χ4v) is 6.46. The zero-order valence-corrected chi connectivity index (χ0v) is 16.7. The average Bonchev–Trinajstić information content (AvgIpc) is 3.19. The molecule has 1 saturated heterocycles. The largest absolute Gasteiger partial charge is 0.361 e. The van der Waals surface area contributed by atoms with Crippen molar-refractivity contribution in [2.24, 2.45) is 0 Å². The molecule has 1 aliphatic rings. The highest BCUT2D eigenvalue weighted by molar-refractivity contribution is 7.91. The number of aryl methyl sites for hydroxylation is 4. The van der Waals surface area contributed by atoms with Crippen LogP contribution in [-0.2, 0) is 10.0 Å². The summed E-state index contributed by atoms with van der Waals surface area (Å²) in [5.41, 5.74) is 3.65. The van der Waals surface area contributed by atoms with E-state index in [1.807, 2.05) is 44.5 Å². The van der Waals surface area contributed by atoms with Gasteiger partial charge in [0.1, 0.15) is 9.97 Å². The Morgan fingerprint density at radius 1 is 1.19 bits per heavy atom. The highest BCUT2D eigenvalue weighted by Gasteiger charge is 2.39. The van der Waals surface area contributed by atoms with Crippen molar-refractivity contribution >= 4 is 21.4 Å². The van der Waals surface area contributed by atoms with Gasteiger partial charge in [0.25, 0.3) is 10.0 Å². The summed E-state index contributed by atoms with van der Waals surface area (Å²) >= 11 is 1.26. The fraction of sp³-hybridized carbons (Fsp3) is 0.412. The number of hydrogen-bond donors (Lipinski definition) is 0. The smallest absolute Gasteiger partial charge is 0.252 e. The maximum atomic E-state index is 12.9. The second-order valence-electron chi connectivity index (χ2n) is 6.67. The Bertz CT molecular complexity index is 1050. The van der Waals surface area contributed by atoms with Gasteiger partial charge < -0.3 is 4.52 Å². The van der Waals surface area contributed by atoms with E-state index in [0.29, 0.717) is 23.1 Å². The van der Waals surface area contributed by atoms with Gasteiger partial charge in [-0.25, -0.2) is 8.42 Å². The fourth-order valence-electron chi connectivity index (χ4n) is 3.34. The zero-order valence-electron chi connectivity index (χ0n) is 15.1. The summed E-state index contributed by atoms with van der Waals surface area (Å²) in [5, 5.41) is 8.40. The number of sulfonamides is 1. The first-order valence-electron chi connectivity index (χ1n) is 8.33. The number of thiophene rings is 1. The summed E-state index contributed by atoms with van der Waals surface area (Å²) in [7, 11) is -3.49. The van der Waals surface area contributed by atoms with Crippen molar-refractivity contribution in [3.05, 3.63) is 41.0 Å². The third-order valence-corrected chi connectivity index (χ3v) is 8.08. The molecule has 4 heterocycles. The second-order valence-corrected chi connectivity index (χ2v) is 9.91. The predicted molar refractivity (Wildman–Crippen MR) is 98.8 cm³/mol. The van der Waals surface area contributed by atoms with E-state index in [9.17, 15) is 8.42 Å². The molecule has 0 spiro atoms. The summed E-state index contributed by atoms with van der Waals surface area (Å²) in [6.45, 7) is 8.52. The van der Waals surface area contributed by atoms with Crippen molar-refractivity contribution in [1.29, 1.82) is 0 Å². The van der Waals surface area contributed by atoms with Crippen LogP contribution < -0.4 is 0 Å². The van der Waals surface area contributed by atoms with Crippen LogP contribution in [0.2, 0.25) is 0 Å². The lowest BCUT2D eigenvalue weighted by Crippen LogP contribution is -2.50. The minimum Gasteiger partial charge on any atom is -0.361 e. The Hall–Kier alpha value is -1.97. The van der Waals surface area contributed by atoms with Crippen molar-refractivity contribution in [3.63, 3.8) is 0 Å². The molecule has 26 heavy (non-hydrogen) atoms. The molecule has 0 unspecified atom stereocenters. The number of nitrogens with zero attached hydrogens (tertiary/aromatic N) is 4. The van der Waals surface area contributed by atoms with E-state index in [0.717, 1.165) is 27.5 Å². The monoisotopic (exact) mass is 392 g/mol. The third kappa shape index (κ3) is 2.70. The van der Waals surface area contributed by atoms with Crippen LogP contribution in [0.15, 0.2) is 26.9 Å². The van der Waals surface area contributed by atoms with Gasteiger partial charge in [0.15, 0.2) is 0 Å². The van der Waals surface area contributed by atoms with Crippen LogP contribution in [0.4, 0.5) is 0 Å². The SMILES string of the molecule is Cc1cc(C)n(C2CN(S(=O)(=O)c3ccc(-c4c(C)noc4C)s3)C2)n1. The Morgan fingerprint density at radius 3 is 2.50 bits per heavy atom. The van der Waals surface area contributed by atoms with Gasteiger partial charge in [0, 0.05) is 23.7 Å².